The Morgan fingerprint density at radius 3 is 2.61 bits per heavy atom. The summed E-state index contributed by atoms with van der Waals surface area (Å²) in [5.74, 6) is 2.26. The molecule has 0 spiro atoms. The van der Waals surface area contributed by atoms with Crippen molar-refractivity contribution >= 4 is 29.1 Å². The highest BCUT2D eigenvalue weighted by atomic mass is 35.5. The van der Waals surface area contributed by atoms with Gasteiger partial charge >= 0.3 is 0 Å². The van der Waals surface area contributed by atoms with Crippen molar-refractivity contribution < 1.29 is 9.47 Å². The molecule has 0 amide bonds. The molecule has 2 saturated heterocycles. The minimum Gasteiger partial charge on any atom is -0.492 e. The number of rotatable bonds is 9. The number of hydrogen-bond acceptors (Lipinski definition) is 8. The third-order valence-electron chi connectivity index (χ3n) is 7.25. The van der Waals surface area contributed by atoms with Crippen LogP contribution in [0.15, 0.2) is 54.6 Å². The molecule has 3 aromatic rings. The van der Waals surface area contributed by atoms with Crippen LogP contribution in [0.25, 0.3) is 11.3 Å². The molecule has 2 fully saturated rings. The molecule has 0 bridgehead atoms. The molecule has 8 nitrogen and oxygen atoms in total. The van der Waals surface area contributed by atoms with Gasteiger partial charge in [-0.25, -0.2) is 4.98 Å². The largest absolute Gasteiger partial charge is 0.492 e. The van der Waals surface area contributed by atoms with Crippen LogP contribution >= 0.6 is 11.6 Å². The Balaban J connectivity index is 1.31. The van der Waals surface area contributed by atoms with E-state index in [0.717, 1.165) is 87.2 Å². The predicted octanol–water partition coefficient (Wildman–Crippen LogP) is 4.78. The van der Waals surface area contributed by atoms with Crippen molar-refractivity contribution in [3.05, 3.63) is 59.6 Å². The summed E-state index contributed by atoms with van der Waals surface area (Å²) < 4.78 is 11.7. The molecule has 2 aromatic carbocycles. The molecule has 2 aliphatic rings. The van der Waals surface area contributed by atoms with E-state index >= 15 is 0 Å². The van der Waals surface area contributed by atoms with Gasteiger partial charge in [-0.1, -0.05) is 29.8 Å². The maximum Gasteiger partial charge on any atom is 0.229 e. The topological polar surface area (TPSA) is 66.0 Å². The smallest absolute Gasteiger partial charge is 0.229 e. The van der Waals surface area contributed by atoms with Gasteiger partial charge in [0, 0.05) is 81.3 Å². The van der Waals surface area contributed by atoms with E-state index in [2.05, 4.69) is 27.1 Å². The van der Waals surface area contributed by atoms with E-state index < -0.39 is 0 Å². The van der Waals surface area contributed by atoms with Gasteiger partial charge in [-0.15, -0.1) is 0 Å². The van der Waals surface area contributed by atoms with Crippen LogP contribution in [0, 0.1) is 0 Å². The molecule has 5 rings (SSSR count). The quantitative estimate of drug-likeness (QED) is 0.419. The van der Waals surface area contributed by atoms with Crippen molar-refractivity contribution in [1.82, 2.24) is 19.8 Å². The Bertz CT molecular complexity index is 1190. The standard InChI is InChI=1S/C29H37ClN6O2/c1-34-13-15-35(16-14-34)17-18-38-25-6-3-5-24(19-25)31-29-32-27(22-8-10-23(30)11-9-22)20-28(33-29)36-12-4-7-26(21-36)37-2/h3,5-6,8-11,19-20,26H,4,7,12-18,21H2,1-2H3,(H,31,32,33). The molecular weight excluding hydrogens is 500 g/mol. The second kappa shape index (κ2) is 12.8. The number of benzene rings is 2. The van der Waals surface area contributed by atoms with Crippen molar-refractivity contribution in [3.63, 3.8) is 0 Å². The molecule has 2 aliphatic heterocycles. The zero-order valence-corrected chi connectivity index (χ0v) is 23.0. The molecule has 0 radical (unpaired) electrons. The molecular formula is C29H37ClN6O2. The average molecular weight is 537 g/mol. The normalized spacial score (nSPS) is 18.9. The average Bonchev–Trinajstić information content (AvgIpc) is 2.94. The number of anilines is 3. The molecule has 1 aromatic heterocycles. The maximum atomic E-state index is 6.14. The third-order valence-corrected chi connectivity index (χ3v) is 7.50. The Kier molecular flexibility index (Phi) is 8.96. The van der Waals surface area contributed by atoms with Gasteiger partial charge in [-0.3, -0.25) is 4.90 Å². The minimum absolute atomic E-state index is 0.203. The summed E-state index contributed by atoms with van der Waals surface area (Å²) in [6, 6.07) is 17.8. The number of halogens is 1. The van der Waals surface area contributed by atoms with Crippen molar-refractivity contribution in [2.45, 2.75) is 18.9 Å². The lowest BCUT2D eigenvalue weighted by molar-refractivity contribution is 0.0891. The summed E-state index contributed by atoms with van der Waals surface area (Å²) >= 11 is 6.14. The highest BCUT2D eigenvalue weighted by molar-refractivity contribution is 6.30. The van der Waals surface area contributed by atoms with Crippen LogP contribution in [0.3, 0.4) is 0 Å². The summed E-state index contributed by atoms with van der Waals surface area (Å²) in [5, 5.41) is 4.11. The van der Waals surface area contributed by atoms with Crippen LogP contribution in [0.2, 0.25) is 5.02 Å². The zero-order valence-electron chi connectivity index (χ0n) is 22.3. The Morgan fingerprint density at radius 1 is 1.00 bits per heavy atom. The zero-order chi connectivity index (χ0) is 26.3. The number of piperazine rings is 1. The van der Waals surface area contributed by atoms with E-state index in [9.17, 15) is 0 Å². The predicted molar refractivity (Wildman–Crippen MR) is 154 cm³/mol. The second-order valence-corrected chi connectivity index (χ2v) is 10.5. The van der Waals surface area contributed by atoms with Crippen molar-refractivity contribution in [3.8, 4) is 17.0 Å². The summed E-state index contributed by atoms with van der Waals surface area (Å²) in [7, 11) is 3.95. The number of nitrogens with zero attached hydrogens (tertiary/aromatic N) is 5. The van der Waals surface area contributed by atoms with Gasteiger partial charge in [-0.05, 0) is 44.2 Å². The van der Waals surface area contributed by atoms with Crippen molar-refractivity contribution in [1.29, 1.82) is 0 Å². The SMILES string of the molecule is COC1CCCN(c2cc(-c3ccc(Cl)cc3)nc(Nc3cccc(OCCN4CCN(C)CC4)c3)n2)C1. The van der Waals surface area contributed by atoms with Gasteiger partial charge in [0.1, 0.15) is 18.2 Å². The first kappa shape index (κ1) is 26.7. The first-order valence-electron chi connectivity index (χ1n) is 13.4. The van der Waals surface area contributed by atoms with Gasteiger partial charge in [-0.2, -0.15) is 4.98 Å². The number of hydrogen-bond donors (Lipinski definition) is 1. The lowest BCUT2D eigenvalue weighted by atomic mass is 10.1. The summed E-state index contributed by atoms with van der Waals surface area (Å²) in [4.78, 5) is 16.8. The molecule has 0 aliphatic carbocycles. The second-order valence-electron chi connectivity index (χ2n) is 10.0. The summed E-state index contributed by atoms with van der Waals surface area (Å²) in [6.07, 6.45) is 2.33. The van der Waals surface area contributed by atoms with E-state index in [-0.39, 0.29) is 6.10 Å². The fourth-order valence-corrected chi connectivity index (χ4v) is 5.04. The monoisotopic (exact) mass is 536 g/mol. The lowest BCUT2D eigenvalue weighted by Crippen LogP contribution is -2.45. The van der Waals surface area contributed by atoms with Gasteiger partial charge in [0.15, 0.2) is 0 Å². The van der Waals surface area contributed by atoms with E-state index in [1.807, 2.05) is 54.6 Å². The van der Waals surface area contributed by atoms with Crippen LogP contribution in [0.5, 0.6) is 5.75 Å². The number of piperidine rings is 1. The Morgan fingerprint density at radius 2 is 1.82 bits per heavy atom. The molecule has 3 heterocycles. The van der Waals surface area contributed by atoms with Crippen molar-refractivity contribution in [2.24, 2.45) is 0 Å². The minimum atomic E-state index is 0.203. The van der Waals surface area contributed by atoms with Crippen LogP contribution < -0.4 is 15.0 Å². The molecule has 1 unspecified atom stereocenters. The van der Waals surface area contributed by atoms with Gasteiger partial charge in [0.25, 0.3) is 0 Å². The van der Waals surface area contributed by atoms with Gasteiger partial charge < -0.3 is 24.6 Å². The number of nitrogens with one attached hydrogen (secondary N) is 1. The van der Waals surface area contributed by atoms with Gasteiger partial charge in [0.2, 0.25) is 5.95 Å². The highest BCUT2D eigenvalue weighted by Gasteiger charge is 2.22. The molecule has 1 atom stereocenters. The van der Waals surface area contributed by atoms with Gasteiger partial charge in [0.05, 0.1) is 11.8 Å². The number of likely N-dealkylation sites (N-methyl/N-ethyl adjacent to an activating group) is 1. The van der Waals surface area contributed by atoms with Crippen LogP contribution in [0.4, 0.5) is 17.5 Å². The van der Waals surface area contributed by atoms with E-state index in [1.165, 1.54) is 0 Å². The maximum absolute atomic E-state index is 6.14. The third kappa shape index (κ3) is 7.14. The highest BCUT2D eigenvalue weighted by Crippen LogP contribution is 2.29. The Labute approximate surface area is 230 Å². The van der Waals surface area contributed by atoms with Crippen LogP contribution in [-0.4, -0.2) is 92.4 Å². The number of methoxy groups -OCH3 is 1. The first-order chi connectivity index (χ1) is 18.6. The van der Waals surface area contributed by atoms with E-state index in [1.54, 1.807) is 7.11 Å². The number of ether oxygens (including phenoxy) is 2. The van der Waals surface area contributed by atoms with E-state index in [4.69, 9.17) is 31.0 Å². The molecule has 9 heteroatoms. The summed E-state index contributed by atoms with van der Waals surface area (Å²) in [6.45, 7) is 7.74. The van der Waals surface area contributed by atoms with Crippen molar-refractivity contribution in [2.75, 3.05) is 76.8 Å². The van der Waals surface area contributed by atoms with Crippen LogP contribution in [-0.2, 0) is 4.74 Å². The lowest BCUT2D eigenvalue weighted by Gasteiger charge is -2.33. The summed E-state index contributed by atoms with van der Waals surface area (Å²) in [5.41, 5.74) is 2.71. The number of aromatic nitrogens is 2. The fourth-order valence-electron chi connectivity index (χ4n) is 4.92. The first-order valence-corrected chi connectivity index (χ1v) is 13.8. The Hall–Kier alpha value is -2.91. The van der Waals surface area contributed by atoms with E-state index in [0.29, 0.717) is 17.6 Å². The fraction of sp³-hybridized carbons (Fsp3) is 0.448. The molecule has 202 valence electrons. The molecule has 38 heavy (non-hydrogen) atoms. The molecule has 1 N–H and O–H groups in total. The molecule has 0 saturated carbocycles. The van der Waals surface area contributed by atoms with Crippen LogP contribution in [0.1, 0.15) is 12.8 Å².